The molecule has 0 aliphatic carbocycles. The molecule has 0 saturated carbocycles. The van der Waals surface area contributed by atoms with Crippen LogP contribution in [0.2, 0.25) is 0 Å². The van der Waals surface area contributed by atoms with E-state index in [0.717, 1.165) is 16.0 Å². The van der Waals surface area contributed by atoms with E-state index in [0.29, 0.717) is 35.7 Å². The van der Waals surface area contributed by atoms with Crippen LogP contribution in [0.25, 0.3) is 10.3 Å². The van der Waals surface area contributed by atoms with Gasteiger partial charge in [-0.3, -0.25) is 9.59 Å². The molecule has 2 N–H and O–H groups in total. The molecule has 3 aromatic heterocycles. The Kier molecular flexibility index (Phi) is 5.62. The summed E-state index contributed by atoms with van der Waals surface area (Å²) in [5.41, 5.74) is 4.69. The van der Waals surface area contributed by atoms with Crippen LogP contribution in [0, 0.1) is 13.8 Å². The number of fused-ring (bicyclic) bond motifs is 1. The molecular formula is C18H22N4O4S. The van der Waals surface area contributed by atoms with E-state index in [1.165, 1.54) is 18.4 Å². The Balaban J connectivity index is 1.89. The maximum atomic E-state index is 12.9. The molecule has 144 valence electrons. The van der Waals surface area contributed by atoms with Crippen molar-refractivity contribution in [3.05, 3.63) is 44.4 Å². The SMILES string of the molecule is COCCn1c(C)c(C(=O)NCc2c(OC)cc(C)[nH]c2=O)c2scnc21. The van der Waals surface area contributed by atoms with Gasteiger partial charge in [0.25, 0.3) is 11.5 Å². The number of nitrogens with zero attached hydrogens (tertiary/aromatic N) is 2. The number of amides is 1. The highest BCUT2D eigenvalue weighted by Gasteiger charge is 2.22. The first-order valence-corrected chi connectivity index (χ1v) is 9.32. The Morgan fingerprint density at radius 3 is 2.85 bits per heavy atom. The number of carbonyl (C=O) groups is 1. The van der Waals surface area contributed by atoms with E-state index in [1.54, 1.807) is 25.6 Å². The van der Waals surface area contributed by atoms with Gasteiger partial charge in [0.15, 0.2) is 5.65 Å². The van der Waals surface area contributed by atoms with Gasteiger partial charge in [-0.05, 0) is 19.9 Å². The van der Waals surface area contributed by atoms with E-state index in [2.05, 4.69) is 15.3 Å². The normalized spacial score (nSPS) is 11.1. The van der Waals surface area contributed by atoms with E-state index in [4.69, 9.17) is 9.47 Å². The number of aromatic amines is 1. The predicted molar refractivity (Wildman–Crippen MR) is 104 cm³/mol. The fraction of sp³-hybridized carbons (Fsp3) is 0.389. The first-order chi connectivity index (χ1) is 13.0. The molecular weight excluding hydrogens is 368 g/mol. The first kappa shape index (κ1) is 19.1. The molecule has 3 aromatic rings. The maximum Gasteiger partial charge on any atom is 0.256 e. The summed E-state index contributed by atoms with van der Waals surface area (Å²) in [7, 11) is 3.14. The van der Waals surface area contributed by atoms with Gasteiger partial charge in [0.05, 0.1) is 41.6 Å². The number of rotatable bonds is 7. The lowest BCUT2D eigenvalue weighted by molar-refractivity contribution is 0.0951. The molecule has 0 aliphatic rings. The largest absolute Gasteiger partial charge is 0.496 e. The van der Waals surface area contributed by atoms with Crippen LogP contribution in [0.15, 0.2) is 16.4 Å². The summed E-state index contributed by atoms with van der Waals surface area (Å²) < 4.78 is 13.2. The number of aryl methyl sites for hydroxylation is 1. The average Bonchev–Trinajstić information content (AvgIpc) is 3.18. The van der Waals surface area contributed by atoms with E-state index in [1.807, 2.05) is 11.5 Å². The van der Waals surface area contributed by atoms with Gasteiger partial charge >= 0.3 is 0 Å². The van der Waals surface area contributed by atoms with Gasteiger partial charge in [-0.1, -0.05) is 0 Å². The molecule has 0 spiro atoms. The Bertz CT molecular complexity index is 1030. The van der Waals surface area contributed by atoms with Gasteiger partial charge in [-0.25, -0.2) is 4.98 Å². The van der Waals surface area contributed by atoms with Crippen molar-refractivity contribution in [2.75, 3.05) is 20.8 Å². The Hall–Kier alpha value is -2.65. The molecule has 0 atom stereocenters. The van der Waals surface area contributed by atoms with Crippen LogP contribution in [0.5, 0.6) is 5.75 Å². The van der Waals surface area contributed by atoms with Gasteiger partial charge in [-0.15, -0.1) is 11.3 Å². The summed E-state index contributed by atoms with van der Waals surface area (Å²) >= 11 is 1.42. The average molecular weight is 390 g/mol. The zero-order valence-corrected chi connectivity index (χ0v) is 16.5. The van der Waals surface area contributed by atoms with Crippen molar-refractivity contribution in [2.24, 2.45) is 0 Å². The monoisotopic (exact) mass is 390 g/mol. The van der Waals surface area contributed by atoms with E-state index < -0.39 is 0 Å². The molecule has 1 amide bonds. The summed E-state index contributed by atoms with van der Waals surface area (Å²) in [6, 6.07) is 1.73. The molecule has 0 radical (unpaired) electrons. The Morgan fingerprint density at radius 1 is 1.37 bits per heavy atom. The van der Waals surface area contributed by atoms with Crippen molar-refractivity contribution in [3.8, 4) is 5.75 Å². The number of methoxy groups -OCH3 is 2. The second kappa shape index (κ2) is 7.93. The van der Waals surface area contributed by atoms with Crippen molar-refractivity contribution >= 4 is 27.6 Å². The minimum Gasteiger partial charge on any atom is -0.496 e. The number of hydrogen-bond acceptors (Lipinski definition) is 6. The van der Waals surface area contributed by atoms with Crippen molar-refractivity contribution < 1.29 is 14.3 Å². The highest BCUT2D eigenvalue weighted by molar-refractivity contribution is 7.17. The summed E-state index contributed by atoms with van der Waals surface area (Å²) in [4.78, 5) is 32.2. The maximum absolute atomic E-state index is 12.9. The number of thiazole rings is 1. The fourth-order valence-electron chi connectivity index (χ4n) is 3.08. The molecule has 3 heterocycles. The molecule has 0 fully saturated rings. The predicted octanol–water partition coefficient (Wildman–Crippen LogP) is 1.99. The lowest BCUT2D eigenvalue weighted by Gasteiger charge is -2.10. The Morgan fingerprint density at radius 2 is 2.15 bits per heavy atom. The molecule has 0 unspecified atom stereocenters. The smallest absolute Gasteiger partial charge is 0.256 e. The van der Waals surface area contributed by atoms with Crippen LogP contribution in [0.3, 0.4) is 0 Å². The lowest BCUT2D eigenvalue weighted by Crippen LogP contribution is -2.28. The third-order valence-corrected chi connectivity index (χ3v) is 5.25. The summed E-state index contributed by atoms with van der Waals surface area (Å²) in [6.45, 7) is 4.87. The van der Waals surface area contributed by atoms with Crippen molar-refractivity contribution in [1.29, 1.82) is 0 Å². The zero-order chi connectivity index (χ0) is 19.6. The minimum absolute atomic E-state index is 0.0700. The molecule has 0 saturated heterocycles. The second-order valence-electron chi connectivity index (χ2n) is 6.12. The zero-order valence-electron chi connectivity index (χ0n) is 15.7. The van der Waals surface area contributed by atoms with Gasteiger partial charge < -0.3 is 24.3 Å². The molecule has 0 aliphatic heterocycles. The molecule has 9 heteroatoms. The second-order valence-corrected chi connectivity index (χ2v) is 6.98. The van der Waals surface area contributed by atoms with E-state index >= 15 is 0 Å². The lowest BCUT2D eigenvalue weighted by atomic mass is 10.2. The summed E-state index contributed by atoms with van der Waals surface area (Å²) in [5.74, 6) is 0.203. The molecule has 8 nitrogen and oxygen atoms in total. The molecule has 3 rings (SSSR count). The topological polar surface area (TPSA) is 98.2 Å². The van der Waals surface area contributed by atoms with Crippen LogP contribution >= 0.6 is 11.3 Å². The highest BCUT2D eigenvalue weighted by atomic mass is 32.1. The van der Waals surface area contributed by atoms with Crippen LogP contribution in [-0.2, 0) is 17.8 Å². The number of ether oxygens (including phenoxy) is 2. The third-order valence-electron chi connectivity index (χ3n) is 4.42. The van der Waals surface area contributed by atoms with Gasteiger partial charge in [0, 0.05) is 25.0 Å². The van der Waals surface area contributed by atoms with Gasteiger partial charge in [0.2, 0.25) is 0 Å². The van der Waals surface area contributed by atoms with Crippen LogP contribution < -0.4 is 15.6 Å². The van der Waals surface area contributed by atoms with Crippen LogP contribution in [0.1, 0.15) is 27.3 Å². The number of hydrogen-bond donors (Lipinski definition) is 2. The van der Waals surface area contributed by atoms with Gasteiger partial charge in [-0.2, -0.15) is 0 Å². The first-order valence-electron chi connectivity index (χ1n) is 8.44. The van der Waals surface area contributed by atoms with Crippen molar-refractivity contribution in [2.45, 2.75) is 26.9 Å². The van der Waals surface area contributed by atoms with E-state index in [9.17, 15) is 9.59 Å². The number of nitrogens with one attached hydrogen (secondary N) is 2. The van der Waals surface area contributed by atoms with Gasteiger partial charge in [0.1, 0.15) is 5.75 Å². The van der Waals surface area contributed by atoms with Crippen LogP contribution in [0.4, 0.5) is 0 Å². The highest BCUT2D eigenvalue weighted by Crippen LogP contribution is 2.28. The summed E-state index contributed by atoms with van der Waals surface area (Å²) in [5, 5.41) is 2.84. The van der Waals surface area contributed by atoms with Crippen LogP contribution in [-0.4, -0.2) is 41.3 Å². The summed E-state index contributed by atoms with van der Waals surface area (Å²) in [6.07, 6.45) is 0. The number of aromatic nitrogens is 3. The number of carbonyl (C=O) groups excluding carboxylic acids is 1. The molecule has 0 bridgehead atoms. The third kappa shape index (κ3) is 3.60. The quantitative estimate of drug-likeness (QED) is 0.643. The van der Waals surface area contributed by atoms with Crippen molar-refractivity contribution in [1.82, 2.24) is 19.9 Å². The minimum atomic E-state index is -0.274. The fourth-order valence-corrected chi connectivity index (χ4v) is 3.96. The van der Waals surface area contributed by atoms with Crippen molar-refractivity contribution in [3.63, 3.8) is 0 Å². The van der Waals surface area contributed by atoms with E-state index in [-0.39, 0.29) is 18.0 Å². The Labute approximate surface area is 160 Å². The number of H-pyrrole nitrogens is 1. The standard InChI is InChI=1S/C18H22N4O4S/c1-10-7-13(26-4)12(17(23)21-10)8-19-18(24)14-11(2)22(5-6-25-3)16-15(14)27-9-20-16/h7,9H,5-6,8H2,1-4H3,(H,19,24)(H,21,23). The number of pyridine rings is 1. The molecule has 27 heavy (non-hydrogen) atoms. The molecule has 0 aromatic carbocycles.